The van der Waals surface area contributed by atoms with Gasteiger partial charge in [0.1, 0.15) is 29.3 Å². The molecule has 0 saturated carbocycles. The average molecular weight is 573 g/mol. The van der Waals surface area contributed by atoms with Gasteiger partial charge >= 0.3 is 12.1 Å². The summed E-state index contributed by atoms with van der Waals surface area (Å²) in [5.74, 6) is 1.71. The number of benzene rings is 2. The van der Waals surface area contributed by atoms with Crippen LogP contribution in [0.25, 0.3) is 22.1 Å². The molecule has 4 rings (SSSR count). The molecule has 42 heavy (non-hydrogen) atoms. The molecule has 2 aromatic heterocycles. The Hall–Kier alpha value is -4.33. The normalized spacial score (nSPS) is 11.5. The number of carbonyl (C=O) groups is 2. The van der Waals surface area contributed by atoms with Crippen LogP contribution >= 0.6 is 0 Å². The van der Waals surface area contributed by atoms with Crippen molar-refractivity contribution in [2.45, 2.75) is 73.1 Å². The number of para-hydroxylation sites is 1. The van der Waals surface area contributed by atoms with Crippen LogP contribution in [0, 0.1) is 5.92 Å². The van der Waals surface area contributed by atoms with Gasteiger partial charge in [0.2, 0.25) is 0 Å². The molecule has 2 heterocycles. The summed E-state index contributed by atoms with van der Waals surface area (Å²) in [7, 11) is 0. The van der Waals surface area contributed by atoms with Crippen molar-refractivity contribution in [3.63, 3.8) is 0 Å². The number of amides is 1. The molecule has 1 N–H and O–H groups in total. The topological polar surface area (TPSA) is 99.9 Å². The molecule has 2 aromatic carbocycles. The van der Waals surface area contributed by atoms with E-state index in [1.165, 1.54) is 0 Å². The fourth-order valence-electron chi connectivity index (χ4n) is 4.61. The number of hydrogen-bond donors (Lipinski definition) is 1. The zero-order valence-corrected chi connectivity index (χ0v) is 25.3. The van der Waals surface area contributed by atoms with Crippen LogP contribution in [0.5, 0.6) is 5.75 Å². The Morgan fingerprint density at radius 1 is 1.05 bits per heavy atom. The number of esters is 1. The van der Waals surface area contributed by atoms with Gasteiger partial charge in [-0.2, -0.15) is 0 Å². The van der Waals surface area contributed by atoms with Crippen molar-refractivity contribution < 1.29 is 28.2 Å². The molecule has 0 aliphatic rings. The second-order valence-electron chi connectivity index (χ2n) is 11.6. The number of aromatic nitrogens is 1. The summed E-state index contributed by atoms with van der Waals surface area (Å²) in [5, 5.41) is 3.75. The number of carbonyl (C=O) groups excluding carboxylic acids is 2. The number of fused-ring (bicyclic) bond motifs is 1. The lowest BCUT2D eigenvalue weighted by atomic mass is 10.0. The lowest BCUT2D eigenvalue weighted by molar-refractivity contribution is -0.142. The molecule has 0 unspecified atom stereocenters. The summed E-state index contributed by atoms with van der Waals surface area (Å²) >= 11 is 0. The fraction of sp³-hybridized carbons (Fsp3) is 0.382. The van der Waals surface area contributed by atoms with Crippen LogP contribution in [0.1, 0.15) is 64.1 Å². The third-order valence-corrected chi connectivity index (χ3v) is 6.28. The molecule has 0 spiro atoms. The number of hydrogen-bond acceptors (Lipinski definition) is 7. The van der Waals surface area contributed by atoms with E-state index in [2.05, 4.69) is 42.3 Å². The second-order valence-corrected chi connectivity index (χ2v) is 11.6. The maximum atomic E-state index is 12.2. The number of nitrogens with zero attached hydrogens (tertiary/aromatic N) is 1. The number of nitrogens with one attached hydrogen (secondary N) is 1. The maximum absolute atomic E-state index is 12.2. The highest BCUT2D eigenvalue weighted by Crippen LogP contribution is 2.34. The van der Waals surface area contributed by atoms with Crippen molar-refractivity contribution >= 4 is 23.0 Å². The highest BCUT2D eigenvalue weighted by atomic mass is 16.6. The Labute approximate surface area is 247 Å². The standard InChI is InChI=1S/C34H40N2O6/c1-7-39-31(37)19-25-10-8-9-11-30(25)40-21-23-15-26-18-28(14-22(2)3)41-32(26)29(16-23)24-12-13-35-27(17-24)20-36-33(38)42-34(4,5)6/h8-13,15-18,22H,7,14,19-21H2,1-6H3,(H,36,38). The van der Waals surface area contributed by atoms with Crippen molar-refractivity contribution in [2.75, 3.05) is 6.61 Å². The van der Waals surface area contributed by atoms with E-state index in [9.17, 15) is 9.59 Å². The van der Waals surface area contributed by atoms with E-state index in [0.29, 0.717) is 30.6 Å². The molecular weight excluding hydrogens is 532 g/mol. The first-order valence-corrected chi connectivity index (χ1v) is 14.3. The van der Waals surface area contributed by atoms with Crippen LogP contribution < -0.4 is 10.1 Å². The zero-order valence-electron chi connectivity index (χ0n) is 25.3. The van der Waals surface area contributed by atoms with Crippen LogP contribution in [0.2, 0.25) is 0 Å². The summed E-state index contributed by atoms with van der Waals surface area (Å²) in [5.41, 5.74) is 4.43. The first kappa shape index (κ1) is 30.6. The minimum absolute atomic E-state index is 0.145. The Kier molecular flexibility index (Phi) is 9.88. The van der Waals surface area contributed by atoms with Crippen molar-refractivity contribution in [3.05, 3.63) is 83.4 Å². The number of alkyl carbamates (subject to hydrolysis) is 1. The average Bonchev–Trinajstić information content (AvgIpc) is 3.32. The molecule has 1 amide bonds. The van der Waals surface area contributed by atoms with Crippen LogP contribution in [0.15, 0.2) is 65.2 Å². The van der Waals surface area contributed by atoms with E-state index < -0.39 is 11.7 Å². The molecule has 0 saturated heterocycles. The molecule has 0 atom stereocenters. The minimum atomic E-state index is -0.584. The van der Waals surface area contributed by atoms with Crippen molar-refractivity contribution in [2.24, 2.45) is 5.92 Å². The van der Waals surface area contributed by atoms with Crippen LogP contribution in [0.3, 0.4) is 0 Å². The van der Waals surface area contributed by atoms with Gasteiger partial charge in [-0.1, -0.05) is 32.0 Å². The van der Waals surface area contributed by atoms with Gasteiger partial charge < -0.3 is 23.9 Å². The van der Waals surface area contributed by atoms with Gasteiger partial charge in [-0.3, -0.25) is 9.78 Å². The molecule has 0 fully saturated rings. The SMILES string of the molecule is CCOC(=O)Cc1ccccc1OCc1cc(-c2ccnc(CNC(=O)OC(C)(C)C)c2)c2oc(CC(C)C)cc2c1. The van der Waals surface area contributed by atoms with Crippen LogP contribution in [0.4, 0.5) is 4.79 Å². The van der Waals surface area contributed by atoms with Gasteiger partial charge in [-0.15, -0.1) is 0 Å². The highest BCUT2D eigenvalue weighted by Gasteiger charge is 2.18. The van der Waals surface area contributed by atoms with Crippen LogP contribution in [-0.4, -0.2) is 29.3 Å². The summed E-state index contributed by atoms with van der Waals surface area (Å²) < 4.78 is 23.1. The van der Waals surface area contributed by atoms with E-state index in [1.54, 1.807) is 13.1 Å². The van der Waals surface area contributed by atoms with Gasteiger partial charge in [0.25, 0.3) is 0 Å². The summed E-state index contributed by atoms with van der Waals surface area (Å²) in [6, 6.07) is 17.6. The van der Waals surface area contributed by atoms with E-state index in [0.717, 1.165) is 45.4 Å². The van der Waals surface area contributed by atoms with Gasteiger partial charge in [0.05, 0.1) is 25.3 Å². The maximum Gasteiger partial charge on any atom is 0.407 e. The highest BCUT2D eigenvalue weighted by molar-refractivity contribution is 5.93. The quantitative estimate of drug-likeness (QED) is 0.187. The molecule has 4 aromatic rings. The summed E-state index contributed by atoms with van der Waals surface area (Å²) in [6.45, 7) is 12.4. The molecule has 0 bridgehead atoms. The van der Waals surface area contributed by atoms with Gasteiger partial charge in [-0.25, -0.2) is 4.79 Å². The van der Waals surface area contributed by atoms with Gasteiger partial charge in [0, 0.05) is 29.1 Å². The molecule has 8 nitrogen and oxygen atoms in total. The Balaban J connectivity index is 1.63. The third kappa shape index (κ3) is 8.59. The zero-order chi connectivity index (χ0) is 30.3. The molecule has 0 aliphatic carbocycles. The smallest absolute Gasteiger partial charge is 0.407 e. The van der Waals surface area contributed by atoms with Crippen molar-refractivity contribution in [1.82, 2.24) is 10.3 Å². The number of furan rings is 1. The Morgan fingerprint density at radius 2 is 1.83 bits per heavy atom. The molecular formula is C34H40N2O6. The molecule has 8 heteroatoms. The van der Waals surface area contributed by atoms with E-state index in [1.807, 2.05) is 57.2 Å². The summed E-state index contributed by atoms with van der Waals surface area (Å²) in [4.78, 5) is 28.7. The fourth-order valence-corrected chi connectivity index (χ4v) is 4.61. The molecule has 0 aliphatic heterocycles. The Bertz CT molecular complexity index is 1530. The third-order valence-electron chi connectivity index (χ3n) is 6.28. The van der Waals surface area contributed by atoms with Crippen molar-refractivity contribution in [1.29, 1.82) is 0 Å². The second kappa shape index (κ2) is 13.6. The number of pyridine rings is 1. The minimum Gasteiger partial charge on any atom is -0.489 e. The van der Waals surface area contributed by atoms with E-state index >= 15 is 0 Å². The lowest BCUT2D eigenvalue weighted by Crippen LogP contribution is -2.32. The lowest BCUT2D eigenvalue weighted by Gasteiger charge is -2.19. The van der Waals surface area contributed by atoms with Crippen LogP contribution in [-0.2, 0) is 40.3 Å². The molecule has 0 radical (unpaired) electrons. The van der Waals surface area contributed by atoms with E-state index in [4.69, 9.17) is 18.6 Å². The largest absolute Gasteiger partial charge is 0.489 e. The van der Waals surface area contributed by atoms with Crippen molar-refractivity contribution in [3.8, 4) is 16.9 Å². The Morgan fingerprint density at radius 3 is 2.57 bits per heavy atom. The van der Waals surface area contributed by atoms with E-state index in [-0.39, 0.29) is 18.9 Å². The predicted octanol–water partition coefficient (Wildman–Crippen LogP) is 7.40. The number of rotatable bonds is 11. The van der Waals surface area contributed by atoms with Gasteiger partial charge in [0.15, 0.2) is 0 Å². The monoisotopic (exact) mass is 572 g/mol. The first-order chi connectivity index (χ1) is 20.0. The molecule has 222 valence electrons. The number of ether oxygens (including phenoxy) is 3. The first-order valence-electron chi connectivity index (χ1n) is 14.3. The summed E-state index contributed by atoms with van der Waals surface area (Å²) in [6.07, 6.45) is 2.19. The van der Waals surface area contributed by atoms with Gasteiger partial charge in [-0.05, 0) is 81.1 Å². The predicted molar refractivity (Wildman–Crippen MR) is 162 cm³/mol.